The van der Waals surface area contributed by atoms with Crippen LogP contribution in [0.15, 0.2) is 11.4 Å². The van der Waals surface area contributed by atoms with E-state index in [-0.39, 0.29) is 24.3 Å². The highest BCUT2D eigenvalue weighted by Crippen LogP contribution is 2.25. The zero-order valence-corrected chi connectivity index (χ0v) is 11.3. The first-order valence-electron chi connectivity index (χ1n) is 6.23. The van der Waals surface area contributed by atoms with Gasteiger partial charge in [-0.25, -0.2) is 0 Å². The van der Waals surface area contributed by atoms with Crippen molar-refractivity contribution in [2.45, 2.75) is 38.6 Å². The molecule has 18 heavy (non-hydrogen) atoms. The molecule has 1 aromatic heterocycles. The maximum atomic E-state index is 12.5. The second kappa shape index (κ2) is 5.52. The molecule has 1 unspecified atom stereocenters. The Hall–Kier alpha value is -1.36. The molecule has 0 aliphatic carbocycles. The lowest BCUT2D eigenvalue weighted by Crippen LogP contribution is -2.45. The molecule has 2 rings (SSSR count). The minimum Gasteiger partial charge on any atom is -0.370 e. The van der Waals surface area contributed by atoms with E-state index >= 15 is 0 Å². The fraction of sp³-hybridized carbons (Fsp3) is 0.538. The van der Waals surface area contributed by atoms with Gasteiger partial charge in [0.25, 0.3) is 5.91 Å². The van der Waals surface area contributed by atoms with E-state index in [2.05, 4.69) is 0 Å². The van der Waals surface area contributed by atoms with Crippen molar-refractivity contribution < 1.29 is 9.59 Å². The summed E-state index contributed by atoms with van der Waals surface area (Å²) in [5.41, 5.74) is 6.27. The van der Waals surface area contributed by atoms with Gasteiger partial charge < -0.3 is 10.6 Å². The Labute approximate surface area is 111 Å². The van der Waals surface area contributed by atoms with Gasteiger partial charge in [0.2, 0.25) is 5.91 Å². The molecular weight excluding hydrogens is 248 g/mol. The van der Waals surface area contributed by atoms with Crippen LogP contribution < -0.4 is 5.73 Å². The van der Waals surface area contributed by atoms with Crippen LogP contribution in [-0.4, -0.2) is 29.3 Å². The average molecular weight is 266 g/mol. The molecule has 0 radical (unpaired) electrons. The Morgan fingerprint density at radius 3 is 2.89 bits per heavy atom. The van der Waals surface area contributed by atoms with E-state index in [1.54, 1.807) is 0 Å². The number of primary amides is 1. The van der Waals surface area contributed by atoms with Crippen LogP contribution in [0.25, 0.3) is 0 Å². The minimum atomic E-state index is -0.331. The number of nitrogens with two attached hydrogens (primary N) is 1. The number of amides is 2. The lowest BCUT2D eigenvalue weighted by molar-refractivity contribution is -0.119. The van der Waals surface area contributed by atoms with Crippen molar-refractivity contribution in [2.24, 2.45) is 5.73 Å². The third kappa shape index (κ3) is 2.72. The number of rotatable bonds is 3. The van der Waals surface area contributed by atoms with Crippen LogP contribution in [0.2, 0.25) is 0 Å². The molecule has 1 fully saturated rings. The van der Waals surface area contributed by atoms with Crippen LogP contribution in [-0.2, 0) is 4.79 Å². The zero-order chi connectivity index (χ0) is 13.1. The Kier molecular flexibility index (Phi) is 4.01. The lowest BCUT2D eigenvalue weighted by Gasteiger charge is -2.35. The molecule has 2 N–H and O–H groups in total. The number of hydrogen-bond donors (Lipinski definition) is 1. The van der Waals surface area contributed by atoms with Crippen molar-refractivity contribution in [1.82, 2.24) is 4.90 Å². The molecule has 5 heteroatoms. The topological polar surface area (TPSA) is 63.4 Å². The molecule has 1 atom stereocenters. The fourth-order valence-electron chi connectivity index (χ4n) is 2.43. The summed E-state index contributed by atoms with van der Waals surface area (Å²) >= 11 is 1.46. The highest BCUT2D eigenvalue weighted by molar-refractivity contribution is 7.12. The third-order valence-electron chi connectivity index (χ3n) is 3.38. The molecule has 2 amide bonds. The first-order chi connectivity index (χ1) is 8.59. The number of piperidine rings is 1. The molecule has 1 aromatic rings. The molecule has 0 bridgehead atoms. The second-order valence-corrected chi connectivity index (χ2v) is 5.67. The fourth-order valence-corrected chi connectivity index (χ4v) is 3.31. The molecule has 1 aliphatic rings. The van der Waals surface area contributed by atoms with Crippen LogP contribution >= 0.6 is 11.3 Å². The van der Waals surface area contributed by atoms with Gasteiger partial charge in [-0.15, -0.1) is 11.3 Å². The highest BCUT2D eigenvalue weighted by atomic mass is 32.1. The van der Waals surface area contributed by atoms with Crippen LogP contribution in [0, 0.1) is 6.92 Å². The molecule has 0 aromatic carbocycles. The maximum absolute atomic E-state index is 12.5. The Morgan fingerprint density at radius 2 is 2.28 bits per heavy atom. The number of carbonyl (C=O) groups is 2. The highest BCUT2D eigenvalue weighted by Gasteiger charge is 2.29. The molecule has 0 saturated carbocycles. The SMILES string of the molecule is Cc1ccsc1C(=O)N1CCCCC1CC(N)=O. The first-order valence-corrected chi connectivity index (χ1v) is 7.11. The summed E-state index contributed by atoms with van der Waals surface area (Å²) in [6, 6.07) is 1.93. The Morgan fingerprint density at radius 1 is 1.50 bits per heavy atom. The summed E-state index contributed by atoms with van der Waals surface area (Å²) in [7, 11) is 0. The molecule has 1 aliphatic heterocycles. The third-order valence-corrected chi connectivity index (χ3v) is 4.39. The molecule has 1 saturated heterocycles. The first kappa shape index (κ1) is 13.1. The van der Waals surface area contributed by atoms with Crippen molar-refractivity contribution >= 4 is 23.2 Å². The van der Waals surface area contributed by atoms with Gasteiger partial charge in [0.05, 0.1) is 4.88 Å². The van der Waals surface area contributed by atoms with Crippen molar-refractivity contribution in [3.8, 4) is 0 Å². The van der Waals surface area contributed by atoms with E-state index in [1.807, 2.05) is 23.3 Å². The second-order valence-electron chi connectivity index (χ2n) is 4.75. The standard InChI is InChI=1S/C13H18N2O2S/c1-9-5-7-18-12(9)13(17)15-6-3-2-4-10(15)8-11(14)16/h5,7,10H,2-4,6,8H2,1H3,(H2,14,16). The van der Waals surface area contributed by atoms with E-state index in [4.69, 9.17) is 5.73 Å². The van der Waals surface area contributed by atoms with Crippen LogP contribution in [0.1, 0.15) is 40.9 Å². The molecule has 4 nitrogen and oxygen atoms in total. The van der Waals surface area contributed by atoms with Gasteiger partial charge in [-0.3, -0.25) is 9.59 Å². The van der Waals surface area contributed by atoms with Crippen molar-refractivity contribution in [3.63, 3.8) is 0 Å². The number of aryl methyl sites for hydroxylation is 1. The summed E-state index contributed by atoms with van der Waals surface area (Å²) in [4.78, 5) is 26.1. The van der Waals surface area contributed by atoms with Gasteiger partial charge in [-0.05, 0) is 43.2 Å². The van der Waals surface area contributed by atoms with Crippen molar-refractivity contribution in [2.75, 3.05) is 6.54 Å². The van der Waals surface area contributed by atoms with Crippen LogP contribution in [0.5, 0.6) is 0 Å². The Bertz CT molecular complexity index is 456. The minimum absolute atomic E-state index is 0.0229. The summed E-state index contributed by atoms with van der Waals surface area (Å²) < 4.78 is 0. The number of hydrogen-bond acceptors (Lipinski definition) is 3. The van der Waals surface area contributed by atoms with E-state index < -0.39 is 0 Å². The van der Waals surface area contributed by atoms with Gasteiger partial charge in [0.1, 0.15) is 0 Å². The van der Waals surface area contributed by atoms with Crippen LogP contribution in [0.4, 0.5) is 0 Å². The van der Waals surface area contributed by atoms with Crippen molar-refractivity contribution in [1.29, 1.82) is 0 Å². The number of carbonyl (C=O) groups excluding carboxylic acids is 2. The van der Waals surface area contributed by atoms with E-state index in [1.165, 1.54) is 11.3 Å². The largest absolute Gasteiger partial charge is 0.370 e. The molecular formula is C13H18N2O2S. The number of thiophene rings is 1. The van der Waals surface area contributed by atoms with Crippen LogP contribution in [0.3, 0.4) is 0 Å². The zero-order valence-electron chi connectivity index (χ0n) is 10.5. The predicted octanol–water partition coefficient (Wildman–Crippen LogP) is 1.93. The van der Waals surface area contributed by atoms with E-state index in [0.717, 1.165) is 36.2 Å². The summed E-state index contributed by atoms with van der Waals surface area (Å²) in [6.45, 7) is 2.67. The quantitative estimate of drug-likeness (QED) is 0.908. The summed E-state index contributed by atoms with van der Waals surface area (Å²) in [6.07, 6.45) is 3.21. The lowest BCUT2D eigenvalue weighted by atomic mass is 9.98. The number of nitrogens with zero attached hydrogens (tertiary/aromatic N) is 1. The van der Waals surface area contributed by atoms with Gasteiger partial charge in [-0.2, -0.15) is 0 Å². The average Bonchev–Trinajstić information content (AvgIpc) is 2.74. The summed E-state index contributed by atoms with van der Waals surface area (Å²) in [5.74, 6) is -0.281. The van der Waals surface area contributed by atoms with Gasteiger partial charge in [-0.1, -0.05) is 0 Å². The smallest absolute Gasteiger partial charge is 0.264 e. The molecule has 2 heterocycles. The van der Waals surface area contributed by atoms with Crippen molar-refractivity contribution in [3.05, 3.63) is 21.9 Å². The molecule has 98 valence electrons. The van der Waals surface area contributed by atoms with Gasteiger partial charge >= 0.3 is 0 Å². The van der Waals surface area contributed by atoms with E-state index in [9.17, 15) is 9.59 Å². The molecule has 0 spiro atoms. The normalized spacial score (nSPS) is 19.8. The number of likely N-dealkylation sites (tertiary alicyclic amines) is 1. The summed E-state index contributed by atoms with van der Waals surface area (Å²) in [5, 5.41) is 1.93. The Balaban J connectivity index is 2.16. The van der Waals surface area contributed by atoms with Gasteiger partial charge in [0, 0.05) is 19.0 Å². The maximum Gasteiger partial charge on any atom is 0.264 e. The monoisotopic (exact) mass is 266 g/mol. The predicted molar refractivity (Wildman–Crippen MR) is 71.5 cm³/mol. The van der Waals surface area contributed by atoms with E-state index in [0.29, 0.717) is 0 Å². The van der Waals surface area contributed by atoms with Gasteiger partial charge in [0.15, 0.2) is 0 Å².